The maximum Gasteiger partial charge on any atom is 0.333 e. The number of rotatable bonds is 4. The van der Waals surface area contributed by atoms with Crippen LogP contribution in [0.3, 0.4) is 0 Å². The van der Waals surface area contributed by atoms with Crippen LogP contribution in [0.4, 0.5) is 0 Å². The topological polar surface area (TPSA) is 121 Å². The van der Waals surface area contributed by atoms with Crippen molar-refractivity contribution in [1.29, 1.82) is 0 Å². The highest BCUT2D eigenvalue weighted by molar-refractivity contribution is 5.87. The Morgan fingerprint density at radius 3 is 2.43 bits per heavy atom. The number of allylic oxidation sites excluding steroid dienone is 1. The lowest BCUT2D eigenvalue weighted by molar-refractivity contribution is -0.332. The summed E-state index contributed by atoms with van der Waals surface area (Å²) in [5.41, 5.74) is -3.02. The number of aliphatic hydroxyl groups excluding tert-OH is 1. The first kappa shape index (κ1) is 24.7. The molecule has 9 nitrogen and oxygen atoms in total. The summed E-state index contributed by atoms with van der Waals surface area (Å²) >= 11 is 0. The number of hydrogen-bond acceptors (Lipinski definition) is 9. The Kier molecular flexibility index (Phi) is 5.85. The van der Waals surface area contributed by atoms with Crippen LogP contribution < -0.4 is 0 Å². The van der Waals surface area contributed by atoms with Crippen LogP contribution in [0.1, 0.15) is 66.2 Å². The first-order valence-electron chi connectivity index (χ1n) is 12.7. The first-order valence-corrected chi connectivity index (χ1v) is 12.7. The molecule has 0 amide bonds. The third kappa shape index (κ3) is 3.49. The zero-order valence-corrected chi connectivity index (χ0v) is 21.0. The van der Waals surface area contributed by atoms with Gasteiger partial charge >= 0.3 is 17.9 Å². The molecule has 0 radical (unpaired) electrons. The average Bonchev–Trinajstić information content (AvgIpc) is 3.50. The molecule has 3 heterocycles. The molecule has 8 atom stereocenters. The van der Waals surface area contributed by atoms with Crippen molar-refractivity contribution in [3.63, 3.8) is 0 Å². The summed E-state index contributed by atoms with van der Waals surface area (Å²) in [7, 11) is 0. The van der Waals surface area contributed by atoms with Crippen LogP contribution in [0, 0.1) is 17.3 Å². The number of hydrogen-bond donors (Lipinski definition) is 1. The van der Waals surface area contributed by atoms with Crippen molar-refractivity contribution >= 4 is 17.9 Å². The lowest BCUT2D eigenvalue weighted by Gasteiger charge is -2.66. The van der Waals surface area contributed by atoms with E-state index in [1.54, 1.807) is 19.9 Å². The largest absolute Gasteiger partial charge is 0.463 e. The molecule has 3 saturated heterocycles. The van der Waals surface area contributed by atoms with Crippen molar-refractivity contribution in [2.75, 3.05) is 19.8 Å². The standard InChI is InChI=1S/C26H36O9/c1-5-15(2)22(30)34-21-20(33-16(3)28)23(4)17(8-10-24(35-23)11-19(29)31-13-24)18-7-6-9-25(14-32-25)26(18,21)12-27/h5,17-18,20-21,27H,6-14H2,1-4H3/b15-5+/t17?,18?,20-,21-,23?,24-,25?,26?/m0/s1. The molecule has 194 valence electrons. The first-order chi connectivity index (χ1) is 16.6. The van der Waals surface area contributed by atoms with Crippen molar-refractivity contribution < 1.29 is 43.2 Å². The van der Waals surface area contributed by atoms with Crippen molar-refractivity contribution in [3.8, 4) is 0 Å². The fourth-order valence-corrected chi connectivity index (χ4v) is 7.71. The predicted molar refractivity (Wildman–Crippen MR) is 121 cm³/mol. The van der Waals surface area contributed by atoms with Crippen molar-refractivity contribution in [2.24, 2.45) is 17.3 Å². The van der Waals surface area contributed by atoms with Gasteiger partial charge in [0.2, 0.25) is 0 Å². The molecule has 1 N–H and O–H groups in total. The molecule has 2 saturated carbocycles. The SMILES string of the molecule is C/C=C(\C)C(=O)O[C@H]1[C@H](OC(C)=O)C2(C)O[C@]3(CCC2C2CCCC4(CO4)C21CO)COC(=O)C3. The van der Waals surface area contributed by atoms with Crippen molar-refractivity contribution in [3.05, 3.63) is 11.6 Å². The summed E-state index contributed by atoms with van der Waals surface area (Å²) < 4.78 is 30.3. The van der Waals surface area contributed by atoms with Crippen LogP contribution in [0.15, 0.2) is 11.6 Å². The third-order valence-electron chi connectivity index (χ3n) is 9.52. The van der Waals surface area contributed by atoms with Gasteiger partial charge in [-0.15, -0.1) is 0 Å². The van der Waals surface area contributed by atoms with Crippen molar-refractivity contribution in [1.82, 2.24) is 0 Å². The lowest BCUT2D eigenvalue weighted by Crippen LogP contribution is -2.77. The van der Waals surface area contributed by atoms with Crippen molar-refractivity contribution in [2.45, 2.75) is 95.2 Å². The molecule has 2 spiro atoms. The third-order valence-corrected chi connectivity index (χ3v) is 9.52. The quantitative estimate of drug-likeness (QED) is 0.272. The molecule has 5 rings (SSSR count). The zero-order valence-electron chi connectivity index (χ0n) is 21.0. The van der Waals surface area contributed by atoms with Gasteiger partial charge in [0.05, 0.1) is 25.0 Å². The van der Waals surface area contributed by atoms with E-state index >= 15 is 0 Å². The fraction of sp³-hybridized carbons (Fsp3) is 0.808. The molecule has 0 bridgehead atoms. The Morgan fingerprint density at radius 1 is 1.11 bits per heavy atom. The monoisotopic (exact) mass is 492 g/mol. The van der Waals surface area contributed by atoms with Gasteiger partial charge in [-0.25, -0.2) is 4.79 Å². The average molecular weight is 493 g/mol. The number of carbonyl (C=O) groups is 3. The summed E-state index contributed by atoms with van der Waals surface area (Å²) in [5, 5.41) is 11.1. The maximum absolute atomic E-state index is 13.1. The van der Waals surface area contributed by atoms with E-state index in [-0.39, 0.29) is 37.4 Å². The molecular formula is C26H36O9. The van der Waals surface area contributed by atoms with Gasteiger partial charge in [0.25, 0.3) is 0 Å². The molecule has 0 aromatic carbocycles. The van der Waals surface area contributed by atoms with Crippen LogP contribution in [0.5, 0.6) is 0 Å². The molecule has 2 aliphatic carbocycles. The second kappa shape index (κ2) is 8.28. The van der Waals surface area contributed by atoms with E-state index in [1.807, 2.05) is 6.92 Å². The van der Waals surface area contributed by atoms with Crippen LogP contribution >= 0.6 is 0 Å². The molecule has 5 fully saturated rings. The Hall–Kier alpha value is -1.97. The smallest absolute Gasteiger partial charge is 0.333 e. The number of esters is 3. The lowest BCUT2D eigenvalue weighted by atomic mass is 9.45. The second-order valence-corrected chi connectivity index (χ2v) is 11.3. The van der Waals surface area contributed by atoms with E-state index in [2.05, 4.69) is 0 Å². The van der Waals surface area contributed by atoms with Gasteiger partial charge in [0.1, 0.15) is 23.4 Å². The summed E-state index contributed by atoms with van der Waals surface area (Å²) in [5.74, 6) is -1.56. The Labute approximate surface area is 205 Å². The Morgan fingerprint density at radius 2 is 1.86 bits per heavy atom. The van der Waals surface area contributed by atoms with Gasteiger partial charge in [-0.1, -0.05) is 12.5 Å². The summed E-state index contributed by atoms with van der Waals surface area (Å²) in [6, 6.07) is 0. The Balaban J connectivity index is 1.65. The van der Waals surface area contributed by atoms with Gasteiger partial charge < -0.3 is 28.8 Å². The van der Waals surface area contributed by atoms with Gasteiger partial charge in [0, 0.05) is 12.5 Å². The van der Waals surface area contributed by atoms with Gasteiger partial charge in [-0.05, 0) is 58.3 Å². The second-order valence-electron chi connectivity index (χ2n) is 11.3. The van der Waals surface area contributed by atoms with Gasteiger partial charge in [0.15, 0.2) is 12.2 Å². The Bertz CT molecular complexity index is 954. The van der Waals surface area contributed by atoms with Gasteiger partial charge in [-0.2, -0.15) is 0 Å². The van der Waals surface area contributed by atoms with E-state index < -0.39 is 46.4 Å². The number of cyclic esters (lactones) is 1. The molecule has 5 unspecified atom stereocenters. The zero-order chi connectivity index (χ0) is 25.2. The summed E-state index contributed by atoms with van der Waals surface area (Å²) in [6.45, 7) is 6.97. The number of fused-ring (bicyclic) bond motifs is 4. The highest BCUT2D eigenvalue weighted by Gasteiger charge is 2.79. The summed E-state index contributed by atoms with van der Waals surface area (Å²) in [6.07, 6.45) is 3.62. The van der Waals surface area contributed by atoms with Crippen LogP contribution in [0.2, 0.25) is 0 Å². The molecule has 0 aromatic rings. The van der Waals surface area contributed by atoms with E-state index in [0.29, 0.717) is 25.0 Å². The molecule has 5 aliphatic rings. The van der Waals surface area contributed by atoms with E-state index in [1.165, 1.54) is 6.92 Å². The van der Waals surface area contributed by atoms with E-state index in [4.69, 9.17) is 23.7 Å². The minimum Gasteiger partial charge on any atom is -0.463 e. The highest BCUT2D eigenvalue weighted by Crippen LogP contribution is 2.68. The minimum atomic E-state index is -1.05. The molecule has 9 heteroatoms. The van der Waals surface area contributed by atoms with Crippen LogP contribution in [-0.4, -0.2) is 71.8 Å². The molecule has 3 aliphatic heterocycles. The normalized spacial score (nSPS) is 46.5. The minimum absolute atomic E-state index is 0.0837. The number of carbonyl (C=O) groups excluding carboxylic acids is 3. The number of epoxide rings is 1. The van der Waals surface area contributed by atoms with E-state index in [9.17, 15) is 19.5 Å². The van der Waals surface area contributed by atoms with Gasteiger partial charge in [-0.3, -0.25) is 9.59 Å². The number of aliphatic hydroxyl groups is 1. The fourth-order valence-electron chi connectivity index (χ4n) is 7.71. The molecule has 0 aromatic heterocycles. The molecular weight excluding hydrogens is 456 g/mol. The van der Waals surface area contributed by atoms with Crippen LogP contribution in [0.25, 0.3) is 0 Å². The van der Waals surface area contributed by atoms with Crippen LogP contribution in [-0.2, 0) is 38.1 Å². The maximum atomic E-state index is 13.1. The summed E-state index contributed by atoms with van der Waals surface area (Å²) in [4.78, 5) is 37.6. The highest BCUT2D eigenvalue weighted by atomic mass is 16.6. The van der Waals surface area contributed by atoms with E-state index in [0.717, 1.165) is 19.3 Å². The number of ether oxygens (including phenoxy) is 5. The molecule has 35 heavy (non-hydrogen) atoms. The predicted octanol–water partition coefficient (Wildman–Crippen LogP) is 2.23.